The number of hydrogen-bond donors (Lipinski definition) is 3. The lowest BCUT2D eigenvalue weighted by Crippen LogP contribution is -2.58. The zero-order valence-electron chi connectivity index (χ0n) is 31.6. The summed E-state index contributed by atoms with van der Waals surface area (Å²) in [5, 5.41) is 8.77. The first-order valence-electron chi connectivity index (χ1n) is 19.1. The van der Waals surface area contributed by atoms with E-state index in [2.05, 4.69) is 16.0 Å². The van der Waals surface area contributed by atoms with Crippen LogP contribution in [0.4, 0.5) is 14.0 Å². The van der Waals surface area contributed by atoms with Crippen molar-refractivity contribution in [2.24, 2.45) is 5.92 Å². The van der Waals surface area contributed by atoms with E-state index in [4.69, 9.17) is 9.47 Å². The van der Waals surface area contributed by atoms with E-state index in [1.54, 1.807) is 32.9 Å². The van der Waals surface area contributed by atoms with Crippen molar-refractivity contribution in [3.63, 3.8) is 0 Å². The van der Waals surface area contributed by atoms with E-state index < -0.39 is 59.1 Å². The number of hydrogen-bond acceptors (Lipinski definition) is 7. The summed E-state index contributed by atoms with van der Waals surface area (Å²) in [6, 6.07) is 10.7. The second-order valence-corrected chi connectivity index (χ2v) is 16.0. The first-order valence-corrected chi connectivity index (χ1v) is 19.1. The van der Waals surface area contributed by atoms with E-state index in [1.165, 1.54) is 15.9 Å². The van der Waals surface area contributed by atoms with Crippen LogP contribution in [0.1, 0.15) is 88.0 Å². The van der Waals surface area contributed by atoms with Crippen LogP contribution in [0.3, 0.4) is 0 Å². The zero-order chi connectivity index (χ0) is 38.6. The number of carbonyl (C=O) groups is 5. The van der Waals surface area contributed by atoms with Crippen LogP contribution in [-0.4, -0.2) is 82.1 Å². The van der Waals surface area contributed by atoms with Crippen LogP contribution in [-0.2, 0) is 43.4 Å². The molecule has 13 heteroatoms. The summed E-state index contributed by atoms with van der Waals surface area (Å²) in [6.45, 7) is 7.68. The number of rotatable bonds is 6. The van der Waals surface area contributed by atoms with Crippen molar-refractivity contribution in [1.29, 1.82) is 0 Å². The number of nitrogens with zero attached hydrogens (tertiary/aromatic N) is 2. The molecule has 2 fully saturated rings. The molecule has 3 heterocycles. The maximum atomic E-state index is 14.5. The maximum Gasteiger partial charge on any atom is 0.410 e. The molecular weight excluding hydrogens is 693 g/mol. The third-order valence-electron chi connectivity index (χ3n) is 10.6. The van der Waals surface area contributed by atoms with Gasteiger partial charge in [-0.25, -0.2) is 14.0 Å². The van der Waals surface area contributed by atoms with Gasteiger partial charge in [-0.1, -0.05) is 67.0 Å². The molecule has 4 unspecified atom stereocenters. The number of ether oxygens (including phenoxy) is 2. The molecule has 0 aromatic heterocycles. The van der Waals surface area contributed by atoms with Gasteiger partial charge >= 0.3 is 12.2 Å². The first kappa shape index (κ1) is 38.8. The normalized spacial score (nSPS) is 25.6. The van der Waals surface area contributed by atoms with Crippen LogP contribution in [0.15, 0.2) is 54.6 Å². The predicted octanol–water partition coefficient (Wildman–Crippen LogP) is 5.20. The fourth-order valence-electron chi connectivity index (χ4n) is 7.58. The van der Waals surface area contributed by atoms with Gasteiger partial charge in [0.2, 0.25) is 17.7 Å². The van der Waals surface area contributed by atoms with E-state index in [9.17, 15) is 28.4 Å². The number of aryl methyl sites for hydroxylation is 1. The Kier molecular flexibility index (Phi) is 11.6. The monoisotopic (exact) mass is 745 g/mol. The molecule has 0 spiro atoms. The summed E-state index contributed by atoms with van der Waals surface area (Å²) < 4.78 is 25.8. The highest BCUT2D eigenvalue weighted by molar-refractivity contribution is 5.98. The van der Waals surface area contributed by atoms with E-state index in [0.29, 0.717) is 43.4 Å². The molecule has 0 radical (unpaired) electrons. The molecule has 3 aliphatic heterocycles. The van der Waals surface area contributed by atoms with Gasteiger partial charge in [-0.15, -0.1) is 0 Å². The number of allylic oxidation sites excluding steroid dienone is 1. The van der Waals surface area contributed by atoms with Crippen molar-refractivity contribution in [1.82, 2.24) is 25.8 Å². The Morgan fingerprint density at radius 2 is 1.81 bits per heavy atom. The Morgan fingerprint density at radius 1 is 1.04 bits per heavy atom. The van der Waals surface area contributed by atoms with Crippen LogP contribution >= 0.6 is 0 Å². The average molecular weight is 746 g/mol. The Hall–Kier alpha value is -4.94. The highest BCUT2D eigenvalue weighted by Gasteiger charge is 2.61. The van der Waals surface area contributed by atoms with Crippen LogP contribution in [0.5, 0.6) is 0 Å². The van der Waals surface area contributed by atoms with E-state index in [1.807, 2.05) is 43.3 Å². The fourth-order valence-corrected chi connectivity index (χ4v) is 7.58. The van der Waals surface area contributed by atoms with Crippen molar-refractivity contribution in [3.8, 4) is 0 Å². The topological polar surface area (TPSA) is 146 Å². The highest BCUT2D eigenvalue weighted by atomic mass is 19.1. The minimum absolute atomic E-state index is 0.0246. The number of halogens is 1. The average Bonchev–Trinajstić information content (AvgIpc) is 3.41. The molecule has 3 N–H and O–H groups in total. The third-order valence-corrected chi connectivity index (χ3v) is 10.6. The molecule has 54 heavy (non-hydrogen) atoms. The molecule has 5 atom stereocenters. The van der Waals surface area contributed by atoms with Gasteiger partial charge in [0.15, 0.2) is 0 Å². The van der Waals surface area contributed by atoms with Gasteiger partial charge < -0.3 is 30.3 Å². The van der Waals surface area contributed by atoms with E-state index in [-0.39, 0.29) is 37.9 Å². The highest BCUT2D eigenvalue weighted by Crippen LogP contribution is 2.45. The summed E-state index contributed by atoms with van der Waals surface area (Å²) in [6.07, 6.45) is 6.05. The number of fused-ring (bicyclic) bond motifs is 3. The van der Waals surface area contributed by atoms with Crippen molar-refractivity contribution < 1.29 is 37.8 Å². The van der Waals surface area contributed by atoms with Crippen LogP contribution < -0.4 is 16.0 Å². The van der Waals surface area contributed by atoms with Gasteiger partial charge in [0.25, 0.3) is 0 Å². The summed E-state index contributed by atoms with van der Waals surface area (Å²) >= 11 is 0. The van der Waals surface area contributed by atoms with Crippen LogP contribution in [0, 0.1) is 18.7 Å². The standard InChI is InChI=1S/C41H52FN5O7/c1-26-15-17-27(18-16-26)19-20-43-37(50)41-22-29(41)12-8-6-5-7-9-14-33(44-38(51)54-40(2,3)4)36(49)47-24-30(21-34(47)35(48)45-41)53-39(52)46-23-28-11-10-13-32(42)31(28)25-46/h8,10-13,15-18,29-30,33-34H,5-7,9,14,19-25H2,1-4H3,(H,43,50)(H,44,51)(H,45,48)/t29?,30?,33?,34-,41?/m0/s1. The Morgan fingerprint density at radius 3 is 2.56 bits per heavy atom. The number of nitrogens with one attached hydrogen (secondary N) is 3. The number of benzene rings is 2. The Labute approximate surface area is 316 Å². The van der Waals surface area contributed by atoms with Crippen molar-refractivity contribution in [3.05, 3.63) is 82.7 Å². The lowest BCUT2D eigenvalue weighted by molar-refractivity contribution is -0.141. The molecule has 6 rings (SSSR count). The van der Waals surface area contributed by atoms with Crippen molar-refractivity contribution >= 4 is 29.9 Å². The smallest absolute Gasteiger partial charge is 0.410 e. The summed E-state index contributed by atoms with van der Waals surface area (Å²) in [4.78, 5) is 71.6. The van der Waals surface area contributed by atoms with E-state index >= 15 is 0 Å². The summed E-state index contributed by atoms with van der Waals surface area (Å²) in [7, 11) is 0. The molecular formula is C41H52FN5O7. The second kappa shape index (κ2) is 16.2. The van der Waals surface area contributed by atoms with Gasteiger partial charge in [-0.3, -0.25) is 19.3 Å². The number of carbonyl (C=O) groups excluding carboxylic acids is 5. The summed E-state index contributed by atoms with van der Waals surface area (Å²) in [5.41, 5.74) is 1.33. The molecule has 1 aliphatic carbocycles. The quantitative estimate of drug-likeness (QED) is 0.345. The van der Waals surface area contributed by atoms with Gasteiger partial charge in [0, 0.05) is 31.0 Å². The summed E-state index contributed by atoms with van der Waals surface area (Å²) in [5.74, 6) is -1.99. The van der Waals surface area contributed by atoms with Gasteiger partial charge in [0.05, 0.1) is 13.1 Å². The Balaban J connectivity index is 1.21. The van der Waals surface area contributed by atoms with Crippen molar-refractivity contribution in [2.45, 2.75) is 121 Å². The molecule has 1 saturated heterocycles. The molecule has 12 nitrogen and oxygen atoms in total. The fraction of sp³-hybridized carbons (Fsp3) is 0.537. The molecule has 2 aromatic carbocycles. The van der Waals surface area contributed by atoms with Gasteiger partial charge in [0.1, 0.15) is 35.1 Å². The van der Waals surface area contributed by atoms with Gasteiger partial charge in [-0.05, 0) is 77.0 Å². The maximum absolute atomic E-state index is 14.5. The first-order chi connectivity index (χ1) is 25.7. The lowest BCUT2D eigenvalue weighted by atomic mass is 10.0. The Bertz CT molecular complexity index is 1780. The van der Waals surface area contributed by atoms with Crippen molar-refractivity contribution in [2.75, 3.05) is 13.1 Å². The lowest BCUT2D eigenvalue weighted by Gasteiger charge is -2.30. The van der Waals surface area contributed by atoms with Crippen LogP contribution in [0.2, 0.25) is 0 Å². The number of amides is 5. The molecule has 0 bridgehead atoms. The van der Waals surface area contributed by atoms with E-state index in [0.717, 1.165) is 30.4 Å². The molecule has 5 amide bonds. The number of alkyl carbamates (subject to hydrolysis) is 1. The second-order valence-electron chi connectivity index (χ2n) is 16.0. The minimum Gasteiger partial charge on any atom is -0.444 e. The predicted molar refractivity (Wildman–Crippen MR) is 198 cm³/mol. The zero-order valence-corrected chi connectivity index (χ0v) is 31.6. The molecule has 4 aliphatic rings. The SMILES string of the molecule is Cc1ccc(CCNC(=O)C23CC2C=CCCCCCC(NC(=O)OC(C)(C)C)C(=O)N2CC(OC(=O)N4Cc5cccc(F)c5C4)C[C@H]2C(=O)N3)cc1. The molecule has 1 saturated carbocycles. The minimum atomic E-state index is -1.20. The van der Waals surface area contributed by atoms with Crippen LogP contribution in [0.25, 0.3) is 0 Å². The largest absolute Gasteiger partial charge is 0.444 e. The third kappa shape index (κ3) is 9.22. The van der Waals surface area contributed by atoms with Gasteiger partial charge in [-0.2, -0.15) is 0 Å². The molecule has 290 valence electrons. The molecule has 2 aromatic rings.